The Labute approximate surface area is 127 Å². The van der Waals surface area contributed by atoms with Crippen molar-refractivity contribution in [2.24, 2.45) is 5.73 Å². The summed E-state index contributed by atoms with van der Waals surface area (Å²) in [7, 11) is 2.19. The Morgan fingerprint density at radius 1 is 1.35 bits per heavy atom. The van der Waals surface area contributed by atoms with E-state index in [0.717, 1.165) is 18.0 Å². The number of nitrogens with two attached hydrogens (primary N) is 1. The summed E-state index contributed by atoms with van der Waals surface area (Å²) in [5.41, 5.74) is 8.17. The highest BCUT2D eigenvalue weighted by atomic mass is 35.5. The van der Waals surface area contributed by atoms with Gasteiger partial charge in [0.15, 0.2) is 0 Å². The van der Waals surface area contributed by atoms with Crippen LogP contribution in [0.5, 0.6) is 0 Å². The van der Waals surface area contributed by atoms with E-state index in [2.05, 4.69) is 29.8 Å². The van der Waals surface area contributed by atoms with Crippen molar-refractivity contribution in [1.82, 2.24) is 4.90 Å². The highest BCUT2D eigenvalue weighted by molar-refractivity contribution is 6.31. The molecule has 3 nitrogen and oxygen atoms in total. The second kappa shape index (κ2) is 7.30. The van der Waals surface area contributed by atoms with Crippen LogP contribution >= 0.6 is 11.6 Å². The third-order valence-electron chi connectivity index (χ3n) is 4.42. The molecule has 0 bridgehead atoms. The van der Waals surface area contributed by atoms with Crippen LogP contribution in [0.3, 0.4) is 0 Å². The zero-order valence-electron chi connectivity index (χ0n) is 12.6. The van der Waals surface area contributed by atoms with Crippen LogP contribution < -0.4 is 10.6 Å². The Kier molecular flexibility index (Phi) is 5.70. The molecule has 2 rings (SSSR count). The van der Waals surface area contributed by atoms with Gasteiger partial charge < -0.3 is 15.5 Å². The first kappa shape index (κ1) is 15.6. The molecule has 0 amide bonds. The van der Waals surface area contributed by atoms with Crippen molar-refractivity contribution in [2.75, 3.05) is 38.1 Å². The molecule has 20 heavy (non-hydrogen) atoms. The van der Waals surface area contributed by atoms with Gasteiger partial charge in [0.2, 0.25) is 0 Å². The van der Waals surface area contributed by atoms with Crippen LogP contribution in [0.25, 0.3) is 0 Å². The Morgan fingerprint density at radius 3 is 2.65 bits per heavy atom. The minimum atomic E-state index is 0.604. The number of nitrogens with zero attached hydrogens (tertiary/aromatic N) is 2. The van der Waals surface area contributed by atoms with Crippen LogP contribution in [0.2, 0.25) is 5.02 Å². The molecule has 0 aromatic heterocycles. The molecule has 1 aliphatic rings. The zero-order chi connectivity index (χ0) is 14.5. The summed E-state index contributed by atoms with van der Waals surface area (Å²) in [6, 6.07) is 6.77. The molecule has 0 saturated carbocycles. The average Bonchev–Trinajstić information content (AvgIpc) is 2.49. The number of benzene rings is 1. The number of hydrogen-bond acceptors (Lipinski definition) is 3. The summed E-state index contributed by atoms with van der Waals surface area (Å²) in [5.74, 6) is 0. The van der Waals surface area contributed by atoms with E-state index in [-0.39, 0.29) is 0 Å². The van der Waals surface area contributed by atoms with Gasteiger partial charge in [0.05, 0.1) is 0 Å². The van der Waals surface area contributed by atoms with Gasteiger partial charge in [-0.2, -0.15) is 0 Å². The van der Waals surface area contributed by atoms with E-state index in [0.29, 0.717) is 12.6 Å². The van der Waals surface area contributed by atoms with Gasteiger partial charge in [-0.3, -0.25) is 0 Å². The number of anilines is 1. The lowest BCUT2D eigenvalue weighted by Gasteiger charge is -2.38. The van der Waals surface area contributed by atoms with Gasteiger partial charge in [0, 0.05) is 36.9 Å². The molecule has 4 heteroatoms. The molecule has 1 aliphatic heterocycles. The predicted molar refractivity (Wildman–Crippen MR) is 87.7 cm³/mol. The van der Waals surface area contributed by atoms with E-state index in [4.69, 9.17) is 17.3 Å². The molecule has 0 unspecified atom stereocenters. The Balaban J connectivity index is 2.13. The third-order valence-corrected chi connectivity index (χ3v) is 4.77. The highest BCUT2D eigenvalue weighted by Gasteiger charge is 2.23. The van der Waals surface area contributed by atoms with Crippen molar-refractivity contribution >= 4 is 17.3 Å². The predicted octanol–water partition coefficient (Wildman–Crippen LogP) is 2.76. The van der Waals surface area contributed by atoms with Gasteiger partial charge in [-0.15, -0.1) is 0 Å². The fourth-order valence-corrected chi connectivity index (χ4v) is 3.35. The molecule has 1 aromatic rings. The van der Waals surface area contributed by atoms with Crippen molar-refractivity contribution in [1.29, 1.82) is 0 Å². The molecule has 0 spiro atoms. The summed E-state index contributed by atoms with van der Waals surface area (Å²) in [6.45, 7) is 6.42. The maximum Gasteiger partial charge on any atom is 0.0459 e. The lowest BCUT2D eigenvalue weighted by atomic mass is 10.0. The first-order valence-corrected chi connectivity index (χ1v) is 7.97. The summed E-state index contributed by atoms with van der Waals surface area (Å²) < 4.78 is 0. The molecular formula is C16H26ClN3. The highest BCUT2D eigenvalue weighted by Crippen LogP contribution is 2.30. The van der Waals surface area contributed by atoms with Crippen molar-refractivity contribution in [2.45, 2.75) is 32.2 Å². The van der Waals surface area contributed by atoms with Crippen molar-refractivity contribution in [3.63, 3.8) is 0 Å². The molecule has 112 valence electrons. The van der Waals surface area contributed by atoms with E-state index in [1.165, 1.54) is 37.2 Å². The number of piperidine rings is 1. The lowest BCUT2D eigenvalue weighted by Crippen LogP contribution is -2.43. The maximum atomic E-state index is 6.35. The average molecular weight is 296 g/mol. The van der Waals surface area contributed by atoms with Gasteiger partial charge >= 0.3 is 0 Å². The number of halogens is 1. The van der Waals surface area contributed by atoms with Gasteiger partial charge in [-0.25, -0.2) is 0 Å². The largest absolute Gasteiger partial charge is 0.371 e. The van der Waals surface area contributed by atoms with Gasteiger partial charge in [-0.1, -0.05) is 24.6 Å². The van der Waals surface area contributed by atoms with Crippen LogP contribution in [0.15, 0.2) is 18.2 Å². The van der Waals surface area contributed by atoms with Crippen molar-refractivity contribution < 1.29 is 0 Å². The molecule has 0 atom stereocenters. The van der Waals surface area contributed by atoms with E-state index in [9.17, 15) is 0 Å². The lowest BCUT2D eigenvalue weighted by molar-refractivity contribution is 0.221. The van der Waals surface area contributed by atoms with Gasteiger partial charge in [0.25, 0.3) is 0 Å². The van der Waals surface area contributed by atoms with Crippen LogP contribution in [-0.2, 0) is 6.42 Å². The summed E-state index contributed by atoms with van der Waals surface area (Å²) in [6.07, 6.45) is 3.28. The maximum absolute atomic E-state index is 6.35. The Morgan fingerprint density at radius 2 is 2.05 bits per heavy atom. The monoisotopic (exact) mass is 295 g/mol. The van der Waals surface area contributed by atoms with Crippen LogP contribution in [0.4, 0.5) is 5.69 Å². The zero-order valence-corrected chi connectivity index (χ0v) is 13.4. The minimum absolute atomic E-state index is 0.604. The molecule has 1 saturated heterocycles. The van der Waals surface area contributed by atoms with Crippen LogP contribution in [0, 0.1) is 0 Å². The van der Waals surface area contributed by atoms with E-state index in [1.807, 2.05) is 12.1 Å². The standard InChI is InChI=1S/C16H26ClN3/c1-3-20-11-8-13(9-12-20)19(2)16-6-4-5-15(17)14(16)7-10-18/h4-6,13H,3,7-12,18H2,1-2H3. The second-order valence-corrected chi connectivity index (χ2v) is 5.96. The Bertz CT molecular complexity index is 428. The molecular weight excluding hydrogens is 270 g/mol. The van der Waals surface area contributed by atoms with Crippen LogP contribution in [0.1, 0.15) is 25.3 Å². The van der Waals surface area contributed by atoms with Crippen molar-refractivity contribution in [3.8, 4) is 0 Å². The summed E-state index contributed by atoms with van der Waals surface area (Å²) in [4.78, 5) is 4.92. The third kappa shape index (κ3) is 3.46. The van der Waals surface area contributed by atoms with Crippen molar-refractivity contribution in [3.05, 3.63) is 28.8 Å². The fraction of sp³-hybridized carbons (Fsp3) is 0.625. The van der Waals surface area contributed by atoms with Crippen LogP contribution in [-0.4, -0.2) is 44.2 Å². The second-order valence-electron chi connectivity index (χ2n) is 5.55. The molecule has 0 radical (unpaired) electrons. The number of likely N-dealkylation sites (tertiary alicyclic amines) is 1. The summed E-state index contributed by atoms with van der Waals surface area (Å²) >= 11 is 6.35. The normalized spacial score (nSPS) is 17.4. The number of hydrogen-bond donors (Lipinski definition) is 1. The molecule has 1 aromatic carbocycles. The molecule has 2 N–H and O–H groups in total. The molecule has 1 fully saturated rings. The topological polar surface area (TPSA) is 32.5 Å². The number of rotatable bonds is 5. The molecule has 1 heterocycles. The SMILES string of the molecule is CCN1CCC(N(C)c2cccc(Cl)c2CCN)CC1. The first-order chi connectivity index (χ1) is 9.67. The smallest absolute Gasteiger partial charge is 0.0459 e. The van der Waals surface area contributed by atoms with E-state index in [1.54, 1.807) is 0 Å². The quantitative estimate of drug-likeness (QED) is 0.907. The van der Waals surface area contributed by atoms with E-state index < -0.39 is 0 Å². The van der Waals surface area contributed by atoms with Gasteiger partial charge in [0.1, 0.15) is 0 Å². The first-order valence-electron chi connectivity index (χ1n) is 7.60. The minimum Gasteiger partial charge on any atom is -0.371 e. The van der Waals surface area contributed by atoms with E-state index >= 15 is 0 Å². The fourth-order valence-electron chi connectivity index (χ4n) is 3.09. The summed E-state index contributed by atoms with van der Waals surface area (Å²) in [5, 5.41) is 0.839. The molecule has 0 aliphatic carbocycles. The van der Waals surface area contributed by atoms with Gasteiger partial charge in [-0.05, 0) is 50.0 Å². The Hall–Kier alpha value is -0.770.